The van der Waals surface area contributed by atoms with Crippen LogP contribution in [0.25, 0.3) is 0 Å². The topological polar surface area (TPSA) is 98.2 Å². The smallest absolute Gasteiger partial charge is 0.308 e. The quantitative estimate of drug-likeness (QED) is 0.345. The molecule has 46 heavy (non-hydrogen) atoms. The summed E-state index contributed by atoms with van der Waals surface area (Å²) in [6.07, 6.45) is 13.1. The van der Waals surface area contributed by atoms with Gasteiger partial charge in [0.25, 0.3) is 0 Å². The van der Waals surface area contributed by atoms with E-state index in [1.807, 2.05) is 27.7 Å². The predicted octanol–water partition coefficient (Wildman–Crippen LogP) is 7.65. The van der Waals surface area contributed by atoms with Gasteiger partial charge in [-0.1, -0.05) is 52.3 Å². The van der Waals surface area contributed by atoms with E-state index in [0.717, 1.165) is 84.4 Å². The van der Waals surface area contributed by atoms with Gasteiger partial charge >= 0.3 is 5.97 Å². The number of ketones is 1. The van der Waals surface area contributed by atoms with Gasteiger partial charge in [-0.25, -0.2) is 0 Å². The van der Waals surface area contributed by atoms with Crippen molar-refractivity contribution in [1.29, 1.82) is 0 Å². The van der Waals surface area contributed by atoms with Crippen LogP contribution in [-0.2, 0) is 25.7 Å². The molecule has 1 N–H and O–H groups in total. The maximum atomic E-state index is 14.0. The average Bonchev–Trinajstić information content (AvgIpc) is 2.98. The van der Waals surface area contributed by atoms with Crippen LogP contribution in [0.3, 0.4) is 0 Å². The normalized spacial score (nSPS) is 36.7. The Morgan fingerprint density at radius 3 is 2.26 bits per heavy atom. The second-order valence-corrected chi connectivity index (χ2v) is 16.3. The predicted molar refractivity (Wildman–Crippen MR) is 178 cm³/mol. The Bertz CT molecular complexity index is 1700. The third-order valence-electron chi connectivity index (χ3n) is 13.6. The van der Waals surface area contributed by atoms with Crippen molar-refractivity contribution >= 4 is 17.7 Å². The Balaban J connectivity index is 1.32. The van der Waals surface area contributed by atoms with Gasteiger partial charge in [0.2, 0.25) is 11.7 Å². The fourth-order valence-electron chi connectivity index (χ4n) is 10.2. The number of hydrogen-bond acceptors (Lipinski definition) is 6. The van der Waals surface area contributed by atoms with Crippen LogP contribution in [0.1, 0.15) is 116 Å². The third kappa shape index (κ3) is 4.62. The molecule has 5 aliphatic rings. The highest BCUT2D eigenvalue weighted by molar-refractivity contribution is 6.08. The second-order valence-electron chi connectivity index (χ2n) is 16.3. The second kappa shape index (κ2) is 10.6. The number of amides is 1. The minimum Gasteiger partial charge on any atom is -0.422 e. The molecule has 1 aromatic heterocycles. The first-order valence-corrected chi connectivity index (χ1v) is 17.1. The van der Waals surface area contributed by atoms with Crippen LogP contribution >= 0.6 is 0 Å². The number of carbonyl (C=O) groups excluding carboxylic acids is 3. The number of carbonyl (C=O) groups is 3. The molecule has 3 fully saturated rings. The first-order valence-electron chi connectivity index (χ1n) is 17.1. The number of rotatable bonds is 4. The van der Waals surface area contributed by atoms with Crippen molar-refractivity contribution in [2.45, 2.75) is 121 Å². The summed E-state index contributed by atoms with van der Waals surface area (Å²) < 4.78 is 5.37. The molecule has 0 spiro atoms. The highest BCUT2D eigenvalue weighted by Gasteiger charge is 2.67. The zero-order valence-corrected chi connectivity index (χ0v) is 29.5. The van der Waals surface area contributed by atoms with Crippen molar-refractivity contribution in [3.8, 4) is 0 Å². The fraction of sp³-hybridized carbons (Fsp3) is 0.615. The molecule has 7 nitrogen and oxygen atoms in total. The summed E-state index contributed by atoms with van der Waals surface area (Å²) in [5, 5.41) is 3.27. The maximum Gasteiger partial charge on any atom is 0.308 e. The lowest BCUT2D eigenvalue weighted by Gasteiger charge is -2.70. The summed E-state index contributed by atoms with van der Waals surface area (Å²) in [4.78, 5) is 48.4. The van der Waals surface area contributed by atoms with Gasteiger partial charge in [0, 0.05) is 23.3 Å². The van der Waals surface area contributed by atoms with E-state index in [-0.39, 0.29) is 39.1 Å². The molecule has 0 unspecified atom stereocenters. The number of nitrogens with zero attached hydrogens (tertiary/aromatic N) is 2. The molecule has 0 bridgehead atoms. The first kappa shape index (κ1) is 32.6. The zero-order valence-electron chi connectivity index (χ0n) is 29.5. The van der Waals surface area contributed by atoms with Gasteiger partial charge in [-0.05, 0) is 112 Å². The number of aryl methyl sites for hydroxylation is 3. The lowest BCUT2D eigenvalue weighted by atomic mass is 9.34. The minimum absolute atomic E-state index is 0.0121. The number of ether oxygens (including phenoxy) is 1. The van der Waals surface area contributed by atoms with Crippen molar-refractivity contribution in [2.24, 2.45) is 33.0 Å². The van der Waals surface area contributed by atoms with Crippen LogP contribution in [-0.4, -0.2) is 27.6 Å². The molecule has 3 saturated carbocycles. The molecule has 5 aliphatic carbocycles. The Labute approximate surface area is 274 Å². The number of hydrogen-bond donors (Lipinski definition) is 1. The summed E-state index contributed by atoms with van der Waals surface area (Å²) in [6.45, 7) is 21.4. The molecule has 0 aliphatic heterocycles. The number of allylic oxidation sites excluding steroid dienone is 7. The van der Waals surface area contributed by atoms with Crippen molar-refractivity contribution in [1.82, 2.24) is 15.3 Å². The van der Waals surface area contributed by atoms with Crippen molar-refractivity contribution < 1.29 is 19.1 Å². The van der Waals surface area contributed by atoms with E-state index < -0.39 is 11.4 Å². The third-order valence-corrected chi connectivity index (χ3v) is 13.6. The van der Waals surface area contributed by atoms with Crippen molar-refractivity contribution in [2.75, 3.05) is 0 Å². The van der Waals surface area contributed by atoms with E-state index in [4.69, 9.17) is 9.72 Å². The molecule has 1 heterocycles. The summed E-state index contributed by atoms with van der Waals surface area (Å²) >= 11 is 0. The Hall–Kier alpha value is -3.35. The van der Waals surface area contributed by atoms with Crippen LogP contribution in [0.5, 0.6) is 0 Å². The number of nitrogens with one attached hydrogen (secondary N) is 1. The van der Waals surface area contributed by atoms with Crippen LogP contribution < -0.4 is 5.32 Å². The van der Waals surface area contributed by atoms with E-state index in [2.05, 4.69) is 57.1 Å². The largest absolute Gasteiger partial charge is 0.422 e. The molecule has 246 valence electrons. The molecule has 1 aromatic rings. The van der Waals surface area contributed by atoms with Crippen LogP contribution in [0, 0.1) is 53.8 Å². The highest BCUT2D eigenvalue weighted by Crippen LogP contribution is 2.75. The first-order chi connectivity index (χ1) is 21.4. The van der Waals surface area contributed by atoms with E-state index in [0.29, 0.717) is 12.5 Å². The molecule has 1 amide bonds. The van der Waals surface area contributed by atoms with Gasteiger partial charge in [-0.2, -0.15) is 0 Å². The monoisotopic (exact) mass is 625 g/mol. The summed E-state index contributed by atoms with van der Waals surface area (Å²) in [7, 11) is 0. The Morgan fingerprint density at radius 2 is 1.57 bits per heavy atom. The SMILES string of the molecule is CC(=O)OC1=C(C)C2=CC=C3[C@@](C)(CC[C@@]4(C)[C@@H]5C[C@](C)(C(=O)NCc6nc(C)c(C)nc6C)CC[C@]5(C)CC[C@]34C)C2=CC1=O. The van der Waals surface area contributed by atoms with Crippen molar-refractivity contribution in [3.05, 3.63) is 69.1 Å². The molecular formula is C39H51N3O4. The lowest BCUT2D eigenvalue weighted by Crippen LogP contribution is -2.62. The summed E-state index contributed by atoms with van der Waals surface area (Å²) in [6, 6.07) is 0. The van der Waals surface area contributed by atoms with E-state index in [1.54, 1.807) is 6.08 Å². The Kier molecular flexibility index (Phi) is 7.50. The zero-order chi connectivity index (χ0) is 33.6. The van der Waals surface area contributed by atoms with Gasteiger partial charge in [-0.15, -0.1) is 0 Å². The van der Waals surface area contributed by atoms with Gasteiger partial charge in [0.1, 0.15) is 0 Å². The van der Waals surface area contributed by atoms with Crippen LogP contribution in [0.2, 0.25) is 0 Å². The van der Waals surface area contributed by atoms with Gasteiger partial charge in [0.15, 0.2) is 5.76 Å². The molecular weight excluding hydrogens is 574 g/mol. The van der Waals surface area contributed by atoms with E-state index >= 15 is 0 Å². The van der Waals surface area contributed by atoms with Gasteiger partial charge in [0.05, 0.1) is 29.3 Å². The molecule has 0 radical (unpaired) electrons. The van der Waals surface area contributed by atoms with Gasteiger partial charge < -0.3 is 10.1 Å². The highest BCUT2D eigenvalue weighted by atomic mass is 16.5. The number of esters is 1. The number of aromatic nitrogens is 2. The van der Waals surface area contributed by atoms with Crippen LogP contribution in [0.15, 0.2) is 46.3 Å². The fourth-order valence-corrected chi connectivity index (χ4v) is 10.2. The van der Waals surface area contributed by atoms with Crippen molar-refractivity contribution in [3.63, 3.8) is 0 Å². The molecule has 6 atom stereocenters. The number of fused-ring (bicyclic) bond motifs is 7. The minimum atomic E-state index is -0.480. The average molecular weight is 626 g/mol. The molecule has 0 aromatic carbocycles. The molecule has 0 saturated heterocycles. The van der Waals surface area contributed by atoms with Crippen LogP contribution in [0.4, 0.5) is 0 Å². The molecule has 6 rings (SSSR count). The summed E-state index contributed by atoms with van der Waals surface area (Å²) in [5.41, 5.74) is 7.04. The lowest BCUT2D eigenvalue weighted by molar-refractivity contribution is -0.169. The maximum absolute atomic E-state index is 14.0. The van der Waals surface area contributed by atoms with E-state index in [1.165, 1.54) is 12.5 Å². The molecule has 7 heteroatoms. The standard InChI is InChI=1S/C39H51N3O4/c1-22-27-11-12-31-37(8,28(27)19-30(44)33(22)46-26(5)43)16-18-39(10)32-20-36(7,14-13-35(32,6)15-17-38(31,39)9)34(45)40-21-29-25(4)41-23(2)24(3)42-29/h11-12,19,32H,13-18,20-21H2,1-10H3,(H,40,45)/t32-,35-,36-,37+,38-,39+/m1/s1. The summed E-state index contributed by atoms with van der Waals surface area (Å²) in [5.74, 6) is -0.0735. The Morgan fingerprint density at radius 1 is 0.891 bits per heavy atom. The van der Waals surface area contributed by atoms with Gasteiger partial charge in [-0.3, -0.25) is 24.4 Å². The van der Waals surface area contributed by atoms with E-state index in [9.17, 15) is 14.4 Å².